The van der Waals surface area contributed by atoms with E-state index in [9.17, 15) is 0 Å². The molecule has 3 nitrogen and oxygen atoms in total. The van der Waals surface area contributed by atoms with Crippen LogP contribution in [0.1, 0.15) is 43.9 Å². The Morgan fingerprint density at radius 2 is 2.15 bits per heavy atom. The van der Waals surface area contributed by atoms with Crippen molar-refractivity contribution in [3.05, 3.63) is 23.9 Å². The summed E-state index contributed by atoms with van der Waals surface area (Å²) in [5.74, 6) is 2.04. The second-order valence-corrected chi connectivity index (χ2v) is 3.42. The van der Waals surface area contributed by atoms with Gasteiger partial charge in [0.15, 0.2) is 0 Å². The Balaban J connectivity index is 2.04. The fourth-order valence-electron chi connectivity index (χ4n) is 1.57. The first-order valence-corrected chi connectivity index (χ1v) is 4.87. The van der Waals surface area contributed by atoms with Gasteiger partial charge in [-0.1, -0.05) is 19.1 Å². The van der Waals surface area contributed by atoms with Crippen LogP contribution in [0.5, 0.6) is 0 Å². The molecule has 0 saturated heterocycles. The van der Waals surface area contributed by atoms with Gasteiger partial charge >= 0.3 is 0 Å². The van der Waals surface area contributed by atoms with Crippen molar-refractivity contribution in [3.8, 4) is 0 Å². The highest BCUT2D eigenvalue weighted by Crippen LogP contribution is 2.28. The fourth-order valence-corrected chi connectivity index (χ4v) is 1.57. The minimum atomic E-state index is 0.443. The molecule has 0 aromatic carbocycles. The van der Waals surface area contributed by atoms with Crippen LogP contribution in [0, 0.1) is 0 Å². The van der Waals surface area contributed by atoms with E-state index in [0.29, 0.717) is 5.92 Å². The molecule has 0 N–H and O–H groups in total. The molecule has 2 rings (SSSR count). The summed E-state index contributed by atoms with van der Waals surface area (Å²) in [4.78, 5) is 0. The van der Waals surface area contributed by atoms with Gasteiger partial charge in [0.1, 0.15) is 0 Å². The van der Waals surface area contributed by atoms with Crippen LogP contribution in [0.4, 0.5) is 0 Å². The minimum Gasteiger partial charge on any atom is -0.425 e. The predicted molar refractivity (Wildman–Crippen MR) is 49.4 cm³/mol. The number of rotatable bonds is 3. The summed E-state index contributed by atoms with van der Waals surface area (Å²) in [5, 5.41) is 8.07. The lowest BCUT2D eigenvalue weighted by molar-refractivity contribution is 0.418. The van der Waals surface area contributed by atoms with Gasteiger partial charge in [-0.05, 0) is 19.3 Å². The van der Waals surface area contributed by atoms with E-state index < -0.39 is 0 Å². The van der Waals surface area contributed by atoms with Crippen molar-refractivity contribution in [3.63, 3.8) is 0 Å². The van der Waals surface area contributed by atoms with Gasteiger partial charge in [-0.15, -0.1) is 10.2 Å². The first kappa shape index (κ1) is 8.48. The van der Waals surface area contributed by atoms with Gasteiger partial charge < -0.3 is 4.42 Å². The molecule has 1 aromatic rings. The maximum Gasteiger partial charge on any atom is 0.220 e. The Bertz CT molecular complexity index is 296. The van der Waals surface area contributed by atoms with Crippen LogP contribution in [-0.2, 0) is 6.42 Å². The molecule has 13 heavy (non-hydrogen) atoms. The number of nitrogens with zero attached hydrogens (tertiary/aromatic N) is 2. The summed E-state index contributed by atoms with van der Waals surface area (Å²) < 4.78 is 5.55. The summed E-state index contributed by atoms with van der Waals surface area (Å²) >= 11 is 0. The van der Waals surface area contributed by atoms with E-state index in [2.05, 4.69) is 29.3 Å². The van der Waals surface area contributed by atoms with E-state index in [-0.39, 0.29) is 0 Å². The SMILES string of the molecule is CCCc1nnc(C2CC=CC2)o1. The molecular weight excluding hydrogens is 164 g/mol. The van der Waals surface area contributed by atoms with Gasteiger partial charge in [0.2, 0.25) is 11.8 Å². The highest BCUT2D eigenvalue weighted by molar-refractivity contribution is 5.05. The molecule has 3 heteroatoms. The molecule has 0 unspecified atom stereocenters. The highest BCUT2D eigenvalue weighted by Gasteiger charge is 2.18. The largest absolute Gasteiger partial charge is 0.425 e. The first-order valence-electron chi connectivity index (χ1n) is 4.87. The Kier molecular flexibility index (Phi) is 2.43. The smallest absolute Gasteiger partial charge is 0.220 e. The van der Waals surface area contributed by atoms with E-state index >= 15 is 0 Å². The molecule has 1 aliphatic carbocycles. The normalized spacial score (nSPS) is 17.0. The number of hydrogen-bond donors (Lipinski definition) is 0. The summed E-state index contributed by atoms with van der Waals surface area (Å²) in [6.07, 6.45) is 8.40. The summed E-state index contributed by atoms with van der Waals surface area (Å²) in [7, 11) is 0. The third-order valence-electron chi connectivity index (χ3n) is 2.30. The predicted octanol–water partition coefficient (Wildman–Crippen LogP) is 2.46. The number of allylic oxidation sites excluding steroid dienone is 2. The van der Waals surface area contributed by atoms with Crippen molar-refractivity contribution >= 4 is 0 Å². The topological polar surface area (TPSA) is 38.9 Å². The van der Waals surface area contributed by atoms with E-state index in [1.807, 2.05) is 0 Å². The van der Waals surface area contributed by atoms with Gasteiger partial charge in [-0.25, -0.2) is 0 Å². The van der Waals surface area contributed by atoms with Crippen molar-refractivity contribution in [2.45, 2.75) is 38.5 Å². The summed E-state index contributed by atoms with van der Waals surface area (Å²) in [6.45, 7) is 2.11. The molecule has 0 amide bonds. The van der Waals surface area contributed by atoms with Crippen molar-refractivity contribution in [1.29, 1.82) is 0 Å². The average molecular weight is 178 g/mol. The lowest BCUT2D eigenvalue weighted by Gasteiger charge is -2.00. The molecule has 0 bridgehead atoms. The van der Waals surface area contributed by atoms with Crippen LogP contribution in [0.15, 0.2) is 16.6 Å². The molecule has 1 heterocycles. The molecule has 0 aliphatic heterocycles. The van der Waals surface area contributed by atoms with Crippen molar-refractivity contribution in [2.75, 3.05) is 0 Å². The van der Waals surface area contributed by atoms with Crippen molar-refractivity contribution in [1.82, 2.24) is 10.2 Å². The second-order valence-electron chi connectivity index (χ2n) is 3.42. The van der Waals surface area contributed by atoms with Gasteiger partial charge in [0.25, 0.3) is 0 Å². The van der Waals surface area contributed by atoms with Crippen LogP contribution in [0.2, 0.25) is 0 Å². The molecular formula is C10H14N2O. The zero-order valence-electron chi connectivity index (χ0n) is 7.86. The molecule has 1 aromatic heterocycles. The third-order valence-corrected chi connectivity index (χ3v) is 2.30. The van der Waals surface area contributed by atoms with Gasteiger partial charge in [-0.3, -0.25) is 0 Å². The fraction of sp³-hybridized carbons (Fsp3) is 0.600. The summed E-state index contributed by atoms with van der Waals surface area (Å²) in [6, 6.07) is 0. The lowest BCUT2D eigenvalue weighted by Crippen LogP contribution is -1.92. The van der Waals surface area contributed by atoms with Crippen LogP contribution >= 0.6 is 0 Å². The van der Waals surface area contributed by atoms with Gasteiger partial charge in [-0.2, -0.15) is 0 Å². The first-order chi connectivity index (χ1) is 6.40. The monoisotopic (exact) mass is 178 g/mol. The third kappa shape index (κ3) is 1.79. The standard InChI is InChI=1S/C10H14N2O/c1-2-5-9-11-12-10(13-9)8-6-3-4-7-8/h3-4,8H,2,5-7H2,1H3. The molecule has 1 aliphatic rings. The average Bonchev–Trinajstić information content (AvgIpc) is 2.70. The van der Waals surface area contributed by atoms with Gasteiger partial charge in [0, 0.05) is 12.3 Å². The van der Waals surface area contributed by atoms with Crippen LogP contribution < -0.4 is 0 Å². The lowest BCUT2D eigenvalue weighted by atomic mass is 10.1. The quantitative estimate of drug-likeness (QED) is 0.667. The van der Waals surface area contributed by atoms with Gasteiger partial charge in [0.05, 0.1) is 0 Å². The Hall–Kier alpha value is -1.12. The van der Waals surface area contributed by atoms with E-state index in [1.54, 1.807) is 0 Å². The van der Waals surface area contributed by atoms with Crippen molar-refractivity contribution < 1.29 is 4.42 Å². The Morgan fingerprint density at radius 1 is 1.38 bits per heavy atom. The Morgan fingerprint density at radius 3 is 2.85 bits per heavy atom. The number of aryl methyl sites for hydroxylation is 1. The zero-order valence-corrected chi connectivity index (χ0v) is 7.86. The molecule has 0 spiro atoms. The second kappa shape index (κ2) is 3.73. The molecule has 70 valence electrons. The van der Waals surface area contributed by atoms with E-state index in [1.165, 1.54) is 0 Å². The van der Waals surface area contributed by atoms with Crippen molar-refractivity contribution in [2.24, 2.45) is 0 Å². The molecule has 0 atom stereocenters. The highest BCUT2D eigenvalue weighted by atomic mass is 16.4. The molecule has 0 fully saturated rings. The van der Waals surface area contributed by atoms with E-state index in [4.69, 9.17) is 4.42 Å². The zero-order chi connectivity index (χ0) is 9.10. The van der Waals surface area contributed by atoms with E-state index in [0.717, 1.165) is 37.5 Å². The summed E-state index contributed by atoms with van der Waals surface area (Å²) in [5.41, 5.74) is 0. The van der Waals surface area contributed by atoms with Crippen LogP contribution in [0.3, 0.4) is 0 Å². The number of aromatic nitrogens is 2. The maximum absolute atomic E-state index is 5.55. The molecule has 0 radical (unpaired) electrons. The maximum atomic E-state index is 5.55. The van der Waals surface area contributed by atoms with Crippen LogP contribution in [0.25, 0.3) is 0 Å². The van der Waals surface area contributed by atoms with Crippen LogP contribution in [-0.4, -0.2) is 10.2 Å². The molecule has 0 saturated carbocycles. The Labute approximate surface area is 77.9 Å². The minimum absolute atomic E-state index is 0.443. The number of hydrogen-bond acceptors (Lipinski definition) is 3.